The molecule has 0 saturated carbocycles. The van der Waals surface area contributed by atoms with Crippen LogP contribution in [-0.2, 0) is 6.54 Å². The van der Waals surface area contributed by atoms with Crippen molar-refractivity contribution in [3.05, 3.63) is 107 Å². The van der Waals surface area contributed by atoms with Crippen LogP contribution in [0.1, 0.15) is 28.4 Å². The Hall–Kier alpha value is -4.39. The van der Waals surface area contributed by atoms with Crippen LogP contribution >= 0.6 is 0 Å². The van der Waals surface area contributed by atoms with E-state index in [0.717, 1.165) is 22.9 Å². The first kappa shape index (κ1) is 22.1. The molecule has 0 aliphatic carbocycles. The molecule has 1 saturated heterocycles. The molecule has 7 heteroatoms. The van der Waals surface area contributed by atoms with Crippen molar-refractivity contribution < 1.29 is 9.59 Å². The van der Waals surface area contributed by atoms with Gasteiger partial charge < -0.3 is 20.1 Å². The number of aromatic nitrogens is 1. The molecule has 3 heterocycles. The molecule has 1 fully saturated rings. The summed E-state index contributed by atoms with van der Waals surface area (Å²) in [5.74, 6) is 0.302. The number of fused-ring (bicyclic) bond motifs is 5. The largest absolute Gasteiger partial charge is 0.338 e. The highest BCUT2D eigenvalue weighted by atomic mass is 16.2. The maximum absolute atomic E-state index is 13.4. The van der Waals surface area contributed by atoms with Gasteiger partial charge in [0.25, 0.3) is 11.5 Å². The van der Waals surface area contributed by atoms with E-state index >= 15 is 0 Å². The van der Waals surface area contributed by atoms with E-state index in [9.17, 15) is 14.4 Å². The number of pyridine rings is 1. The van der Waals surface area contributed by atoms with Crippen molar-refractivity contribution in [1.82, 2.24) is 9.47 Å². The van der Waals surface area contributed by atoms with Crippen LogP contribution in [0.25, 0.3) is 10.8 Å². The van der Waals surface area contributed by atoms with Crippen LogP contribution < -0.4 is 16.2 Å². The van der Waals surface area contributed by atoms with Crippen molar-refractivity contribution in [1.29, 1.82) is 0 Å². The first-order valence-electron chi connectivity index (χ1n) is 12.2. The minimum absolute atomic E-state index is 0.0297. The monoisotopic (exact) mass is 478 g/mol. The van der Waals surface area contributed by atoms with Gasteiger partial charge in [-0.25, -0.2) is 4.79 Å². The van der Waals surface area contributed by atoms with Gasteiger partial charge in [-0.05, 0) is 59.5 Å². The van der Waals surface area contributed by atoms with Gasteiger partial charge in [-0.1, -0.05) is 48.5 Å². The molecule has 1 aromatic heterocycles. The predicted octanol–water partition coefficient (Wildman–Crippen LogP) is 4.91. The van der Waals surface area contributed by atoms with Crippen molar-refractivity contribution >= 4 is 34.1 Å². The first-order chi connectivity index (χ1) is 17.5. The number of hydrogen-bond acceptors (Lipinski definition) is 3. The third-order valence-electron chi connectivity index (χ3n) is 7.17. The molecule has 0 spiro atoms. The lowest BCUT2D eigenvalue weighted by Gasteiger charge is -2.43. The Morgan fingerprint density at radius 1 is 0.778 bits per heavy atom. The normalized spacial score (nSPS) is 18.4. The van der Waals surface area contributed by atoms with Gasteiger partial charge in [-0.15, -0.1) is 0 Å². The van der Waals surface area contributed by atoms with Crippen molar-refractivity contribution in [3.63, 3.8) is 0 Å². The summed E-state index contributed by atoms with van der Waals surface area (Å²) in [4.78, 5) is 41.0. The number of benzene rings is 3. The van der Waals surface area contributed by atoms with Crippen LogP contribution in [0.15, 0.2) is 89.7 Å². The number of anilines is 2. The second kappa shape index (κ2) is 9.00. The fraction of sp³-hybridized carbons (Fsp3) is 0.207. The molecular weight excluding hydrogens is 452 g/mol. The number of nitrogens with zero attached hydrogens (tertiary/aromatic N) is 2. The van der Waals surface area contributed by atoms with Gasteiger partial charge in [0.1, 0.15) is 5.69 Å². The molecule has 2 N–H and O–H groups in total. The number of carbonyl (C=O) groups is 2. The zero-order valence-corrected chi connectivity index (χ0v) is 19.7. The zero-order valence-electron chi connectivity index (χ0n) is 19.7. The quantitative estimate of drug-likeness (QED) is 0.439. The van der Waals surface area contributed by atoms with Crippen molar-refractivity contribution in [2.45, 2.75) is 18.9 Å². The number of carbonyl (C=O) groups excluding carboxylic acids is 2. The number of piperidine rings is 1. The van der Waals surface area contributed by atoms with Crippen LogP contribution in [0, 0.1) is 5.92 Å². The Labute approximate surface area is 208 Å². The Morgan fingerprint density at radius 2 is 1.56 bits per heavy atom. The van der Waals surface area contributed by atoms with Gasteiger partial charge in [0.05, 0.1) is 0 Å². The maximum atomic E-state index is 13.4. The summed E-state index contributed by atoms with van der Waals surface area (Å²) in [6.07, 6.45) is 0.947. The van der Waals surface area contributed by atoms with Crippen LogP contribution in [-0.4, -0.2) is 34.5 Å². The van der Waals surface area contributed by atoms with Crippen LogP contribution in [0.2, 0.25) is 0 Å². The Kier molecular flexibility index (Phi) is 5.52. The highest BCUT2D eigenvalue weighted by Crippen LogP contribution is 2.36. The third kappa shape index (κ3) is 4.13. The number of hydrogen-bond donors (Lipinski definition) is 2. The van der Waals surface area contributed by atoms with Gasteiger partial charge in [0.2, 0.25) is 0 Å². The fourth-order valence-corrected chi connectivity index (χ4v) is 5.52. The lowest BCUT2D eigenvalue weighted by atomic mass is 9.83. The second-order valence-electron chi connectivity index (χ2n) is 9.60. The molecule has 0 radical (unpaired) electrons. The molecule has 2 aliphatic heterocycles. The average Bonchev–Trinajstić information content (AvgIpc) is 2.90. The molecule has 2 aliphatic rings. The lowest BCUT2D eigenvalue weighted by Crippen LogP contribution is -2.49. The molecule has 2 bridgehead atoms. The molecule has 3 aromatic carbocycles. The smallest absolute Gasteiger partial charge is 0.323 e. The van der Waals surface area contributed by atoms with E-state index < -0.39 is 6.03 Å². The second-order valence-corrected chi connectivity index (χ2v) is 9.60. The van der Waals surface area contributed by atoms with Gasteiger partial charge in [0, 0.05) is 42.5 Å². The summed E-state index contributed by atoms with van der Waals surface area (Å²) < 4.78 is 1.77. The Balaban J connectivity index is 1.20. The molecule has 36 heavy (non-hydrogen) atoms. The first-order valence-corrected chi connectivity index (χ1v) is 12.2. The lowest BCUT2D eigenvalue weighted by molar-refractivity contribution is 0.0595. The van der Waals surface area contributed by atoms with Crippen molar-refractivity contribution in [2.75, 3.05) is 23.7 Å². The maximum Gasteiger partial charge on any atom is 0.323 e. The summed E-state index contributed by atoms with van der Waals surface area (Å²) in [7, 11) is 0. The molecule has 6 rings (SSSR count). The number of rotatable bonds is 3. The number of nitrogens with one attached hydrogen (secondary N) is 2. The van der Waals surface area contributed by atoms with E-state index in [2.05, 4.69) is 10.6 Å². The molecule has 4 aromatic rings. The minimum Gasteiger partial charge on any atom is -0.338 e. The SMILES string of the molecule is O=C(Nc1ccccc1)Nc1ccc2n(c1=O)CC1CC2CN(C(=O)c2ccc3ccccc3c2)C1. The fourth-order valence-electron chi connectivity index (χ4n) is 5.52. The summed E-state index contributed by atoms with van der Waals surface area (Å²) in [6, 6.07) is 26.1. The number of urea groups is 1. The number of amides is 3. The van der Waals surface area contributed by atoms with E-state index in [1.54, 1.807) is 22.8 Å². The van der Waals surface area contributed by atoms with Gasteiger partial charge in [-0.3, -0.25) is 9.59 Å². The average molecular weight is 479 g/mol. The highest BCUT2D eigenvalue weighted by molar-refractivity contribution is 6.00. The van der Waals surface area contributed by atoms with E-state index in [4.69, 9.17) is 0 Å². The zero-order chi connectivity index (χ0) is 24.6. The predicted molar refractivity (Wildman–Crippen MR) is 140 cm³/mol. The topological polar surface area (TPSA) is 83.4 Å². The summed E-state index contributed by atoms with van der Waals surface area (Å²) in [6.45, 7) is 1.71. The van der Waals surface area contributed by atoms with Crippen LogP contribution in [0.3, 0.4) is 0 Å². The van der Waals surface area contributed by atoms with E-state index in [0.29, 0.717) is 30.9 Å². The summed E-state index contributed by atoms with van der Waals surface area (Å²) in [5, 5.41) is 7.59. The van der Waals surface area contributed by atoms with E-state index in [1.165, 1.54) is 0 Å². The molecule has 7 nitrogen and oxygen atoms in total. The highest BCUT2D eigenvalue weighted by Gasteiger charge is 2.37. The standard InChI is InChI=1S/C29H26N4O3/c34-27(22-11-10-20-6-4-5-7-21(20)15-22)32-16-19-14-23(18-32)26-13-12-25(28(35)33(26)17-19)31-29(36)30-24-8-2-1-3-9-24/h1-13,15,19,23H,14,16-18H2,(H2,30,31,36). The molecule has 3 amide bonds. The van der Waals surface area contributed by atoms with Gasteiger partial charge in [0.15, 0.2) is 0 Å². The van der Waals surface area contributed by atoms with Crippen molar-refractivity contribution in [2.24, 2.45) is 5.92 Å². The number of likely N-dealkylation sites (tertiary alicyclic amines) is 1. The van der Waals surface area contributed by atoms with Gasteiger partial charge in [-0.2, -0.15) is 0 Å². The van der Waals surface area contributed by atoms with Gasteiger partial charge >= 0.3 is 6.03 Å². The third-order valence-corrected chi connectivity index (χ3v) is 7.17. The number of para-hydroxylation sites is 1. The molecule has 2 atom stereocenters. The Morgan fingerprint density at radius 3 is 2.39 bits per heavy atom. The minimum atomic E-state index is -0.456. The van der Waals surface area contributed by atoms with E-state index in [-0.39, 0.29) is 29.0 Å². The van der Waals surface area contributed by atoms with Crippen LogP contribution in [0.4, 0.5) is 16.2 Å². The van der Waals surface area contributed by atoms with Crippen molar-refractivity contribution in [3.8, 4) is 0 Å². The molecule has 180 valence electrons. The summed E-state index contributed by atoms with van der Waals surface area (Å²) >= 11 is 0. The Bertz CT molecular complexity index is 1530. The molecular formula is C29H26N4O3. The van der Waals surface area contributed by atoms with E-state index in [1.807, 2.05) is 71.6 Å². The van der Waals surface area contributed by atoms with Crippen LogP contribution in [0.5, 0.6) is 0 Å². The molecule has 2 unspecified atom stereocenters. The summed E-state index contributed by atoms with van der Waals surface area (Å²) in [5.41, 5.74) is 2.30.